The first-order valence-corrected chi connectivity index (χ1v) is 22.5. The quantitative estimate of drug-likeness (QED) is 0.145. The van der Waals surface area contributed by atoms with Crippen LogP contribution in [-0.2, 0) is 14.2 Å². The van der Waals surface area contributed by atoms with Crippen LogP contribution in [0, 0.1) is 0 Å². The average molecular weight is 905 g/mol. The highest BCUT2D eigenvalue weighted by atomic mass is 16.6. The van der Waals surface area contributed by atoms with E-state index in [0.29, 0.717) is 61.0 Å². The van der Waals surface area contributed by atoms with E-state index in [4.69, 9.17) is 18.9 Å². The van der Waals surface area contributed by atoms with Crippen molar-refractivity contribution in [2.45, 2.75) is 173 Å². The normalized spacial score (nSPS) is 21.6. The number of methoxy groups -OCH3 is 1. The predicted molar refractivity (Wildman–Crippen MR) is 251 cm³/mol. The Morgan fingerprint density at radius 1 is 0.462 bits per heavy atom. The Balaban J connectivity index is 0.000000214. The van der Waals surface area contributed by atoms with E-state index >= 15 is 0 Å². The third-order valence-corrected chi connectivity index (χ3v) is 12.6. The molecule has 3 heterocycles. The van der Waals surface area contributed by atoms with Gasteiger partial charge in [-0.1, -0.05) is 18.2 Å². The number of nitrogens with zero attached hydrogens (tertiary/aromatic N) is 4. The summed E-state index contributed by atoms with van der Waals surface area (Å²) in [5.74, 6) is -0.245. The largest absolute Gasteiger partial charge is 0.497 e. The van der Waals surface area contributed by atoms with Gasteiger partial charge in [-0.3, -0.25) is 0 Å². The fourth-order valence-electron chi connectivity index (χ4n) is 9.64. The maximum Gasteiger partial charge on any atom is 0.338 e. The predicted octanol–water partition coefficient (Wildman–Crippen LogP) is 9.84. The Kier molecular flexibility index (Phi) is 16.7. The van der Waals surface area contributed by atoms with Gasteiger partial charge in [0.2, 0.25) is 0 Å². The van der Waals surface area contributed by atoms with Crippen molar-refractivity contribution in [1.29, 1.82) is 0 Å². The number of hydroxylamine groups is 6. The van der Waals surface area contributed by atoms with E-state index in [2.05, 4.69) is 0 Å². The Bertz CT molecular complexity index is 1990. The van der Waals surface area contributed by atoms with Gasteiger partial charge in [-0.15, -0.1) is 0 Å². The van der Waals surface area contributed by atoms with E-state index in [1.807, 2.05) is 132 Å². The minimum atomic E-state index is -0.438. The van der Waals surface area contributed by atoms with Gasteiger partial charge in [-0.05, 0) is 144 Å². The molecular weight excluding hydrogens is 829 g/mol. The molecule has 0 radical (unpaired) electrons. The monoisotopic (exact) mass is 905 g/mol. The lowest BCUT2D eigenvalue weighted by molar-refractivity contribution is -0.256. The van der Waals surface area contributed by atoms with Gasteiger partial charge >= 0.3 is 17.9 Å². The first-order valence-electron chi connectivity index (χ1n) is 22.5. The number of rotatable bonds is 8. The van der Waals surface area contributed by atoms with Crippen LogP contribution in [0.5, 0.6) is 5.75 Å². The summed E-state index contributed by atoms with van der Waals surface area (Å²) in [7, 11) is 5.50. The molecule has 65 heavy (non-hydrogen) atoms. The Morgan fingerprint density at radius 2 is 0.723 bits per heavy atom. The van der Waals surface area contributed by atoms with Gasteiger partial charge in [0, 0.05) is 91.5 Å². The van der Waals surface area contributed by atoms with E-state index in [1.54, 1.807) is 55.6 Å². The summed E-state index contributed by atoms with van der Waals surface area (Å²) in [5, 5.41) is 34.9. The van der Waals surface area contributed by atoms with Crippen LogP contribution < -0.4 is 9.64 Å². The molecule has 3 fully saturated rings. The minimum absolute atomic E-state index is 0.184. The van der Waals surface area contributed by atoms with Crippen molar-refractivity contribution in [2.75, 3.05) is 26.1 Å². The number of benzene rings is 3. The fourth-order valence-corrected chi connectivity index (χ4v) is 9.64. The highest BCUT2D eigenvalue weighted by Gasteiger charge is 2.48. The number of ether oxygens (including phenoxy) is 4. The summed E-state index contributed by atoms with van der Waals surface area (Å²) in [6.45, 7) is 23.4. The maximum atomic E-state index is 12.4. The van der Waals surface area contributed by atoms with Crippen LogP contribution in [0.15, 0.2) is 78.9 Å². The SMILES string of the molecule is CC1(C)CC(OC(=O)c2ccccc2)CC(C)(C)N1O.CN(C)c1ccc(C(=O)OC2CC(C)(C)N(O)C(C)(C)C2)cc1.COc1ccc(C(=O)OC2CC(C)(C)N(O)C(C)(C)C2)cc1. The highest BCUT2D eigenvalue weighted by molar-refractivity contribution is 5.90. The molecule has 0 atom stereocenters. The number of esters is 3. The number of piperidine rings is 3. The van der Waals surface area contributed by atoms with Crippen LogP contribution in [0.1, 0.15) is 153 Å². The van der Waals surface area contributed by atoms with Gasteiger partial charge in [0.25, 0.3) is 0 Å². The van der Waals surface area contributed by atoms with Crippen LogP contribution in [0.25, 0.3) is 0 Å². The molecule has 0 bridgehead atoms. The van der Waals surface area contributed by atoms with Crippen LogP contribution in [-0.4, -0.2) is 121 Å². The van der Waals surface area contributed by atoms with Gasteiger partial charge in [0.05, 0.1) is 23.8 Å². The zero-order valence-electron chi connectivity index (χ0n) is 41.5. The van der Waals surface area contributed by atoms with E-state index < -0.39 is 33.2 Å². The molecule has 3 aromatic carbocycles. The van der Waals surface area contributed by atoms with E-state index in [9.17, 15) is 30.0 Å². The molecule has 14 heteroatoms. The molecule has 0 aromatic heterocycles. The van der Waals surface area contributed by atoms with E-state index in [-0.39, 0.29) is 36.2 Å². The third kappa shape index (κ3) is 13.7. The van der Waals surface area contributed by atoms with Gasteiger partial charge in [-0.2, -0.15) is 15.2 Å². The van der Waals surface area contributed by atoms with Crippen molar-refractivity contribution in [1.82, 2.24) is 15.2 Å². The van der Waals surface area contributed by atoms with Gasteiger partial charge in [0.15, 0.2) is 0 Å². The summed E-state index contributed by atoms with van der Waals surface area (Å²) in [6, 6.07) is 23.2. The first kappa shape index (κ1) is 53.0. The molecule has 3 saturated heterocycles. The Hall–Kier alpha value is -4.57. The molecule has 14 nitrogen and oxygen atoms in total. The van der Waals surface area contributed by atoms with Crippen molar-refractivity contribution >= 4 is 23.6 Å². The van der Waals surface area contributed by atoms with Crippen molar-refractivity contribution in [3.63, 3.8) is 0 Å². The average Bonchev–Trinajstić information content (AvgIpc) is 3.21. The highest BCUT2D eigenvalue weighted by Crippen LogP contribution is 2.40. The molecule has 0 amide bonds. The summed E-state index contributed by atoms with van der Waals surface area (Å²) >= 11 is 0. The summed E-state index contributed by atoms with van der Waals surface area (Å²) in [5.41, 5.74) is 0.0991. The fraction of sp³-hybridized carbons (Fsp3) is 0.588. The van der Waals surface area contributed by atoms with Gasteiger partial charge in [-0.25, -0.2) is 14.4 Å². The van der Waals surface area contributed by atoms with E-state index in [0.717, 1.165) is 5.69 Å². The molecule has 3 aromatic rings. The molecule has 0 unspecified atom stereocenters. The molecule has 3 aliphatic heterocycles. The molecular formula is C51H76N4O10. The second-order valence-corrected chi connectivity index (χ2v) is 21.7. The zero-order chi connectivity index (χ0) is 48.9. The van der Waals surface area contributed by atoms with Crippen LogP contribution >= 0.6 is 0 Å². The van der Waals surface area contributed by atoms with Crippen molar-refractivity contribution < 1.29 is 49.0 Å². The number of anilines is 1. The van der Waals surface area contributed by atoms with Gasteiger partial charge < -0.3 is 39.5 Å². The van der Waals surface area contributed by atoms with Crippen LogP contribution in [0.3, 0.4) is 0 Å². The van der Waals surface area contributed by atoms with Crippen molar-refractivity contribution in [2.24, 2.45) is 0 Å². The van der Waals surface area contributed by atoms with E-state index in [1.165, 1.54) is 15.2 Å². The number of carbonyl (C=O) groups is 3. The smallest absolute Gasteiger partial charge is 0.338 e. The topological polar surface area (TPSA) is 162 Å². The summed E-state index contributed by atoms with van der Waals surface area (Å²) in [4.78, 5) is 38.8. The van der Waals surface area contributed by atoms with Crippen LogP contribution in [0.2, 0.25) is 0 Å². The lowest BCUT2D eigenvalue weighted by Crippen LogP contribution is -2.60. The molecule has 3 aliphatic rings. The summed E-state index contributed by atoms with van der Waals surface area (Å²) in [6.07, 6.45) is 3.02. The lowest BCUT2D eigenvalue weighted by Gasteiger charge is -2.50. The Morgan fingerprint density at radius 3 is 0.985 bits per heavy atom. The number of hydrogen-bond acceptors (Lipinski definition) is 14. The number of carbonyl (C=O) groups excluding carboxylic acids is 3. The first-order chi connectivity index (χ1) is 29.9. The maximum absolute atomic E-state index is 12.4. The number of hydrogen-bond donors (Lipinski definition) is 3. The third-order valence-electron chi connectivity index (χ3n) is 12.6. The van der Waals surface area contributed by atoms with Crippen molar-refractivity contribution in [3.8, 4) is 5.75 Å². The minimum Gasteiger partial charge on any atom is -0.497 e. The lowest BCUT2D eigenvalue weighted by atomic mass is 9.80. The van der Waals surface area contributed by atoms with Gasteiger partial charge in [0.1, 0.15) is 24.1 Å². The molecule has 0 aliphatic carbocycles. The summed E-state index contributed by atoms with van der Waals surface area (Å²) < 4.78 is 22.1. The molecule has 360 valence electrons. The second-order valence-electron chi connectivity index (χ2n) is 21.7. The standard InChI is InChI=1S/C18H28N2O3.C17H25NO4.C16H23NO3/c1-17(2)11-15(12-18(3,4)20(17)22)23-16(21)13-7-9-14(10-8-13)19(5)6;1-16(2)10-14(11-17(3,4)18(16)20)22-15(19)12-6-8-13(21-5)9-7-12;1-15(2)10-13(11-16(3,4)17(15)19)20-14(18)12-8-6-5-7-9-12/h7-10,15,22H,11-12H2,1-6H3;6-9,14,20H,10-11H2,1-5H3;5-9,13,19H,10-11H2,1-4H3. The zero-order valence-corrected chi connectivity index (χ0v) is 41.5. The molecule has 6 rings (SSSR count). The molecule has 3 N–H and O–H groups in total. The second kappa shape index (κ2) is 20.5. The molecule has 0 spiro atoms. The Labute approximate surface area is 387 Å². The van der Waals surface area contributed by atoms with Crippen molar-refractivity contribution in [3.05, 3.63) is 95.6 Å². The van der Waals surface area contributed by atoms with Crippen LogP contribution in [0.4, 0.5) is 5.69 Å². The molecule has 0 saturated carbocycles.